The van der Waals surface area contributed by atoms with Crippen molar-refractivity contribution in [1.82, 2.24) is 10.2 Å². The second-order valence-corrected chi connectivity index (χ2v) is 4.51. The first-order valence-corrected chi connectivity index (χ1v) is 6.33. The standard InChI is InChI=1S/C11H20F3N3O2/c12-11(13,14)19-7-6-17-5-1-2-9(8-17)10(18)16-4-3-15/h9H,1-8,15H2,(H,16,18). The molecule has 0 saturated carbocycles. The van der Waals surface area contributed by atoms with E-state index in [4.69, 9.17) is 5.73 Å². The van der Waals surface area contributed by atoms with E-state index in [1.54, 1.807) is 0 Å². The number of amides is 1. The Balaban J connectivity index is 2.27. The minimum Gasteiger partial charge on any atom is -0.355 e. The highest BCUT2D eigenvalue weighted by Crippen LogP contribution is 2.18. The number of hydrogen-bond donors (Lipinski definition) is 2. The van der Waals surface area contributed by atoms with Crippen LogP contribution in [0.2, 0.25) is 0 Å². The number of likely N-dealkylation sites (tertiary alicyclic amines) is 1. The highest BCUT2D eigenvalue weighted by Gasteiger charge is 2.30. The molecule has 1 unspecified atom stereocenters. The predicted octanol–water partition coefficient (Wildman–Crippen LogP) is 0.310. The molecule has 1 aliphatic rings. The summed E-state index contributed by atoms with van der Waals surface area (Å²) < 4.78 is 39.2. The Kier molecular flexibility index (Phi) is 6.53. The maximum absolute atomic E-state index is 11.8. The molecule has 1 fully saturated rings. The SMILES string of the molecule is NCCNC(=O)C1CCCN(CCOC(F)(F)F)C1. The van der Waals surface area contributed by atoms with Crippen LogP contribution < -0.4 is 11.1 Å². The lowest BCUT2D eigenvalue weighted by atomic mass is 9.97. The Labute approximate surface area is 110 Å². The second-order valence-electron chi connectivity index (χ2n) is 4.51. The number of hydrogen-bond acceptors (Lipinski definition) is 4. The van der Waals surface area contributed by atoms with E-state index in [2.05, 4.69) is 10.1 Å². The van der Waals surface area contributed by atoms with E-state index in [-0.39, 0.29) is 18.4 Å². The number of carbonyl (C=O) groups is 1. The van der Waals surface area contributed by atoms with Gasteiger partial charge in [-0.3, -0.25) is 9.53 Å². The fourth-order valence-electron chi connectivity index (χ4n) is 2.10. The molecule has 1 rings (SSSR count). The summed E-state index contributed by atoms with van der Waals surface area (Å²) in [6, 6.07) is 0. The number of nitrogens with zero attached hydrogens (tertiary/aromatic N) is 1. The van der Waals surface area contributed by atoms with Gasteiger partial charge in [0.25, 0.3) is 0 Å². The summed E-state index contributed by atoms with van der Waals surface area (Å²) in [7, 11) is 0. The zero-order valence-electron chi connectivity index (χ0n) is 10.7. The molecular formula is C11H20F3N3O2. The Bertz CT molecular complexity index is 287. The molecule has 1 atom stereocenters. The average molecular weight is 283 g/mol. The molecular weight excluding hydrogens is 263 g/mol. The summed E-state index contributed by atoms with van der Waals surface area (Å²) in [4.78, 5) is 13.6. The lowest BCUT2D eigenvalue weighted by molar-refractivity contribution is -0.325. The Hall–Kier alpha value is -0.860. The van der Waals surface area contributed by atoms with Crippen LogP contribution in [0.3, 0.4) is 0 Å². The van der Waals surface area contributed by atoms with Crippen molar-refractivity contribution in [1.29, 1.82) is 0 Å². The number of ether oxygens (including phenoxy) is 1. The zero-order chi connectivity index (χ0) is 14.3. The van der Waals surface area contributed by atoms with Gasteiger partial charge in [-0.2, -0.15) is 0 Å². The Morgan fingerprint density at radius 2 is 2.21 bits per heavy atom. The van der Waals surface area contributed by atoms with Crippen LogP contribution >= 0.6 is 0 Å². The van der Waals surface area contributed by atoms with E-state index in [0.717, 1.165) is 12.8 Å². The predicted molar refractivity (Wildman–Crippen MR) is 63.2 cm³/mol. The van der Waals surface area contributed by atoms with E-state index in [0.29, 0.717) is 26.2 Å². The lowest BCUT2D eigenvalue weighted by Crippen LogP contribution is -2.45. The fraction of sp³-hybridized carbons (Fsp3) is 0.909. The molecule has 1 heterocycles. The first-order chi connectivity index (χ1) is 8.92. The zero-order valence-corrected chi connectivity index (χ0v) is 10.7. The van der Waals surface area contributed by atoms with Gasteiger partial charge in [0.1, 0.15) is 0 Å². The van der Waals surface area contributed by atoms with Gasteiger partial charge in [0.2, 0.25) is 5.91 Å². The van der Waals surface area contributed by atoms with Crippen molar-refractivity contribution in [3.8, 4) is 0 Å². The molecule has 0 aromatic rings. The number of alkyl halides is 3. The number of nitrogens with one attached hydrogen (secondary N) is 1. The van der Waals surface area contributed by atoms with E-state index in [9.17, 15) is 18.0 Å². The van der Waals surface area contributed by atoms with Crippen LogP contribution in [0.5, 0.6) is 0 Å². The number of rotatable bonds is 6. The van der Waals surface area contributed by atoms with E-state index in [1.807, 2.05) is 4.90 Å². The average Bonchev–Trinajstić information content (AvgIpc) is 2.35. The van der Waals surface area contributed by atoms with Crippen LogP contribution in [0.15, 0.2) is 0 Å². The molecule has 1 saturated heterocycles. The molecule has 1 aliphatic heterocycles. The topological polar surface area (TPSA) is 67.6 Å². The summed E-state index contributed by atoms with van der Waals surface area (Å²) >= 11 is 0. The summed E-state index contributed by atoms with van der Waals surface area (Å²) in [5.74, 6) is -0.252. The maximum atomic E-state index is 11.8. The number of halogens is 3. The summed E-state index contributed by atoms with van der Waals surface area (Å²) in [6.07, 6.45) is -3.03. The Morgan fingerprint density at radius 3 is 2.84 bits per heavy atom. The van der Waals surface area contributed by atoms with E-state index < -0.39 is 13.0 Å². The molecule has 0 aromatic heterocycles. The highest BCUT2D eigenvalue weighted by atomic mass is 19.4. The molecule has 0 radical (unpaired) electrons. The van der Waals surface area contributed by atoms with Gasteiger partial charge < -0.3 is 16.0 Å². The van der Waals surface area contributed by atoms with Gasteiger partial charge in [0.15, 0.2) is 0 Å². The molecule has 0 spiro atoms. The van der Waals surface area contributed by atoms with Gasteiger partial charge in [-0.1, -0.05) is 0 Å². The summed E-state index contributed by atoms with van der Waals surface area (Å²) in [5.41, 5.74) is 5.29. The minimum absolute atomic E-state index is 0.0770. The van der Waals surface area contributed by atoms with Crippen LogP contribution in [-0.2, 0) is 9.53 Å². The van der Waals surface area contributed by atoms with Crippen LogP contribution in [0.4, 0.5) is 13.2 Å². The smallest absolute Gasteiger partial charge is 0.355 e. The first-order valence-electron chi connectivity index (χ1n) is 6.33. The molecule has 8 heteroatoms. The molecule has 112 valence electrons. The first kappa shape index (κ1) is 16.2. The molecule has 0 bridgehead atoms. The van der Waals surface area contributed by atoms with Gasteiger partial charge in [-0.15, -0.1) is 13.2 Å². The third-order valence-electron chi connectivity index (χ3n) is 2.99. The normalized spacial score (nSPS) is 21.4. The van der Waals surface area contributed by atoms with Crippen molar-refractivity contribution in [2.24, 2.45) is 11.7 Å². The fourth-order valence-corrected chi connectivity index (χ4v) is 2.10. The van der Waals surface area contributed by atoms with Crippen LogP contribution in [0.25, 0.3) is 0 Å². The molecule has 3 N–H and O–H groups in total. The summed E-state index contributed by atoms with van der Waals surface area (Å²) in [6.45, 7) is 1.74. The molecule has 5 nitrogen and oxygen atoms in total. The number of carbonyl (C=O) groups excluding carboxylic acids is 1. The molecule has 0 aliphatic carbocycles. The number of nitrogens with two attached hydrogens (primary N) is 1. The second kappa shape index (κ2) is 7.66. The van der Waals surface area contributed by atoms with Gasteiger partial charge in [-0.05, 0) is 19.4 Å². The Morgan fingerprint density at radius 1 is 1.47 bits per heavy atom. The maximum Gasteiger partial charge on any atom is 0.522 e. The van der Waals surface area contributed by atoms with E-state index >= 15 is 0 Å². The van der Waals surface area contributed by atoms with Gasteiger partial charge in [-0.25, -0.2) is 0 Å². The van der Waals surface area contributed by atoms with Gasteiger partial charge in [0, 0.05) is 26.2 Å². The lowest BCUT2D eigenvalue weighted by Gasteiger charge is -2.31. The summed E-state index contributed by atoms with van der Waals surface area (Å²) in [5, 5.41) is 2.70. The van der Waals surface area contributed by atoms with Crippen molar-refractivity contribution in [2.45, 2.75) is 19.2 Å². The highest BCUT2D eigenvalue weighted by molar-refractivity contribution is 5.78. The molecule has 19 heavy (non-hydrogen) atoms. The minimum atomic E-state index is -4.59. The van der Waals surface area contributed by atoms with Crippen LogP contribution in [-0.4, -0.2) is 56.5 Å². The monoisotopic (exact) mass is 283 g/mol. The largest absolute Gasteiger partial charge is 0.522 e. The van der Waals surface area contributed by atoms with Crippen molar-refractivity contribution < 1.29 is 22.7 Å². The van der Waals surface area contributed by atoms with Crippen molar-refractivity contribution in [3.63, 3.8) is 0 Å². The number of piperidine rings is 1. The van der Waals surface area contributed by atoms with E-state index in [1.165, 1.54) is 0 Å². The third kappa shape index (κ3) is 6.74. The molecule has 1 amide bonds. The van der Waals surface area contributed by atoms with Crippen molar-refractivity contribution in [2.75, 3.05) is 39.3 Å². The quantitative estimate of drug-likeness (QED) is 0.736. The third-order valence-corrected chi connectivity index (χ3v) is 2.99. The van der Waals surface area contributed by atoms with Crippen LogP contribution in [0, 0.1) is 5.92 Å². The van der Waals surface area contributed by atoms with Crippen molar-refractivity contribution >= 4 is 5.91 Å². The van der Waals surface area contributed by atoms with Gasteiger partial charge in [0.05, 0.1) is 12.5 Å². The molecule has 0 aromatic carbocycles. The van der Waals surface area contributed by atoms with Gasteiger partial charge >= 0.3 is 6.36 Å². The van der Waals surface area contributed by atoms with Crippen molar-refractivity contribution in [3.05, 3.63) is 0 Å². The van der Waals surface area contributed by atoms with Crippen LogP contribution in [0.1, 0.15) is 12.8 Å².